The lowest BCUT2D eigenvalue weighted by atomic mass is 9.99. The number of aliphatic hydroxyl groups excluding tert-OH is 1. The van der Waals surface area contributed by atoms with Crippen LogP contribution in [-0.2, 0) is 65.4 Å². The Kier molecular flexibility index (Phi) is 67.8. The van der Waals surface area contributed by atoms with Crippen LogP contribution >= 0.6 is 15.6 Å². The molecule has 0 fully saturated rings. The van der Waals surface area contributed by atoms with E-state index in [1.165, 1.54) is 205 Å². The molecule has 0 bridgehead atoms. The van der Waals surface area contributed by atoms with Crippen LogP contribution < -0.4 is 0 Å². The molecular weight excluding hydrogens is 1290 g/mol. The maximum absolute atomic E-state index is 13.1. The third kappa shape index (κ3) is 72.8. The van der Waals surface area contributed by atoms with Gasteiger partial charge in [0.15, 0.2) is 12.2 Å². The molecule has 0 aliphatic carbocycles. The number of esters is 4. The molecule has 0 aliphatic rings. The molecule has 0 amide bonds. The molecule has 0 radical (unpaired) electrons. The highest BCUT2D eigenvalue weighted by molar-refractivity contribution is 7.47. The zero-order chi connectivity index (χ0) is 73.1. The Morgan fingerprint density at radius 2 is 0.485 bits per heavy atom. The summed E-state index contributed by atoms with van der Waals surface area (Å²) < 4.78 is 68.6. The summed E-state index contributed by atoms with van der Waals surface area (Å²) in [5.74, 6) is 0.974. The molecule has 6 atom stereocenters. The summed E-state index contributed by atoms with van der Waals surface area (Å²) in [6, 6.07) is 0. The molecule has 0 saturated heterocycles. The Morgan fingerprint density at radius 1 is 0.283 bits per heavy atom. The Balaban J connectivity index is 5.17. The smallest absolute Gasteiger partial charge is 0.462 e. The fourth-order valence-electron chi connectivity index (χ4n) is 12.2. The van der Waals surface area contributed by atoms with Crippen molar-refractivity contribution in [3.63, 3.8) is 0 Å². The number of hydrogen-bond donors (Lipinski definition) is 3. The van der Waals surface area contributed by atoms with E-state index in [1.807, 2.05) is 0 Å². The highest BCUT2D eigenvalue weighted by Gasteiger charge is 2.30. The molecule has 588 valence electrons. The molecule has 0 rings (SSSR count). The first-order valence-electron chi connectivity index (χ1n) is 41.2. The summed E-state index contributed by atoms with van der Waals surface area (Å²) in [6.07, 6.45) is 55.7. The van der Waals surface area contributed by atoms with Gasteiger partial charge >= 0.3 is 39.5 Å². The van der Waals surface area contributed by atoms with E-state index in [0.717, 1.165) is 114 Å². The van der Waals surface area contributed by atoms with Gasteiger partial charge in [-0.05, 0) is 49.4 Å². The third-order valence-electron chi connectivity index (χ3n) is 18.9. The number of carbonyl (C=O) groups excluding carboxylic acids is 4. The van der Waals surface area contributed by atoms with Crippen LogP contribution in [0.5, 0.6) is 0 Å². The lowest BCUT2D eigenvalue weighted by Gasteiger charge is -2.21. The fraction of sp³-hybridized carbons (Fsp3) is 0.950. The van der Waals surface area contributed by atoms with E-state index in [-0.39, 0.29) is 25.7 Å². The molecule has 0 heterocycles. The second kappa shape index (κ2) is 69.1. The lowest BCUT2D eigenvalue weighted by molar-refractivity contribution is -0.161. The van der Waals surface area contributed by atoms with Gasteiger partial charge in [-0.3, -0.25) is 37.3 Å². The van der Waals surface area contributed by atoms with Gasteiger partial charge in [0.25, 0.3) is 0 Å². The molecule has 17 nitrogen and oxygen atoms in total. The van der Waals surface area contributed by atoms with Crippen molar-refractivity contribution in [2.75, 3.05) is 39.6 Å². The predicted molar refractivity (Wildman–Crippen MR) is 404 cm³/mol. The number of unbranched alkanes of at least 4 members (excludes halogenated alkanes) is 42. The van der Waals surface area contributed by atoms with Crippen LogP contribution in [-0.4, -0.2) is 96.7 Å². The second-order valence-corrected chi connectivity index (χ2v) is 33.4. The Hall–Kier alpha value is -1.94. The fourth-order valence-corrected chi connectivity index (χ4v) is 13.8. The van der Waals surface area contributed by atoms with Crippen LogP contribution in [0.25, 0.3) is 0 Å². The van der Waals surface area contributed by atoms with Gasteiger partial charge in [-0.2, -0.15) is 0 Å². The number of ether oxygens (including phenoxy) is 4. The molecule has 19 heteroatoms. The maximum atomic E-state index is 13.1. The summed E-state index contributed by atoms with van der Waals surface area (Å²) in [4.78, 5) is 72.9. The van der Waals surface area contributed by atoms with Crippen molar-refractivity contribution < 1.29 is 80.2 Å². The highest BCUT2D eigenvalue weighted by Crippen LogP contribution is 2.45. The highest BCUT2D eigenvalue weighted by atomic mass is 31.2. The van der Waals surface area contributed by atoms with Crippen molar-refractivity contribution in [2.24, 2.45) is 23.7 Å². The Labute approximate surface area is 607 Å². The van der Waals surface area contributed by atoms with Crippen molar-refractivity contribution in [2.45, 2.75) is 427 Å². The number of phosphoric ester groups is 2. The van der Waals surface area contributed by atoms with Crippen LogP contribution in [0.4, 0.5) is 0 Å². The average molecular weight is 1450 g/mol. The zero-order valence-corrected chi connectivity index (χ0v) is 66.9. The van der Waals surface area contributed by atoms with Crippen LogP contribution in [0.2, 0.25) is 0 Å². The zero-order valence-electron chi connectivity index (χ0n) is 65.1. The minimum atomic E-state index is -4.96. The van der Waals surface area contributed by atoms with E-state index < -0.39 is 97.5 Å². The van der Waals surface area contributed by atoms with E-state index in [1.54, 1.807) is 0 Å². The van der Waals surface area contributed by atoms with Gasteiger partial charge in [0.2, 0.25) is 0 Å². The number of carbonyl (C=O) groups is 4. The van der Waals surface area contributed by atoms with E-state index in [9.17, 15) is 43.2 Å². The number of rotatable bonds is 77. The van der Waals surface area contributed by atoms with E-state index in [0.29, 0.717) is 31.6 Å². The molecule has 0 saturated carbocycles. The molecule has 3 N–H and O–H groups in total. The molecule has 0 spiro atoms. The summed E-state index contributed by atoms with van der Waals surface area (Å²) >= 11 is 0. The van der Waals surface area contributed by atoms with Crippen molar-refractivity contribution in [3.8, 4) is 0 Å². The standard InChI is InChI=1S/C80H156O17P2/c1-9-73(8)59-51-43-35-27-21-16-14-12-10-11-13-15-17-22-28-36-44-52-60-77(82)90-66-75(97-80(85)63-55-47-38-30-24-26-33-41-49-57-71(4)5)68-94-98(86,87)92-64-74(81)65-93-99(88,89)95-69-76(67-91-78(83)61-53-45-39-31-34-42-50-58-72(6)7)96-79(84)62-54-46-37-29-23-19-18-20-25-32-40-48-56-70(2)3/h70-76,81H,9-69H2,1-8H3,(H,86,87)(H,88,89)/t73?,74?,75-,76-/m1/s1. The van der Waals surface area contributed by atoms with Crippen LogP contribution in [0.3, 0.4) is 0 Å². The number of phosphoric acid groups is 2. The van der Waals surface area contributed by atoms with Crippen molar-refractivity contribution in [3.05, 3.63) is 0 Å². The first-order valence-corrected chi connectivity index (χ1v) is 44.2. The monoisotopic (exact) mass is 1450 g/mol. The van der Waals surface area contributed by atoms with Gasteiger partial charge in [0.05, 0.1) is 26.4 Å². The van der Waals surface area contributed by atoms with E-state index in [4.69, 9.17) is 37.0 Å². The summed E-state index contributed by atoms with van der Waals surface area (Å²) in [6.45, 7) is 14.2. The molecule has 99 heavy (non-hydrogen) atoms. The lowest BCUT2D eigenvalue weighted by Crippen LogP contribution is -2.30. The Bertz CT molecular complexity index is 1940. The van der Waals surface area contributed by atoms with Gasteiger partial charge in [0.1, 0.15) is 19.3 Å². The maximum Gasteiger partial charge on any atom is 0.472 e. The predicted octanol–water partition coefficient (Wildman–Crippen LogP) is 23.6. The first kappa shape index (κ1) is 97.1. The van der Waals surface area contributed by atoms with Crippen LogP contribution in [0.15, 0.2) is 0 Å². The largest absolute Gasteiger partial charge is 0.472 e. The minimum absolute atomic E-state index is 0.105. The van der Waals surface area contributed by atoms with Crippen molar-refractivity contribution in [1.82, 2.24) is 0 Å². The van der Waals surface area contributed by atoms with E-state index >= 15 is 0 Å². The topological polar surface area (TPSA) is 237 Å². The summed E-state index contributed by atoms with van der Waals surface area (Å²) in [5.41, 5.74) is 0. The minimum Gasteiger partial charge on any atom is -0.462 e. The molecular formula is C80H156O17P2. The third-order valence-corrected chi connectivity index (χ3v) is 20.8. The molecule has 4 unspecified atom stereocenters. The summed E-state index contributed by atoms with van der Waals surface area (Å²) in [5, 5.41) is 10.6. The molecule has 0 aliphatic heterocycles. The SMILES string of the molecule is CCC(C)CCCCCCCCCCCCCCCCCCCCC(=O)OC[C@H](COP(=O)(O)OCC(O)COP(=O)(O)OC[C@@H](COC(=O)CCCCCCCCCC(C)C)OC(=O)CCCCCCCCCCCCCCC(C)C)OC(=O)CCCCCCCCCCCC(C)C. The normalized spacial score (nSPS) is 14.3. The first-order chi connectivity index (χ1) is 47.6. The van der Waals surface area contributed by atoms with Gasteiger partial charge in [-0.15, -0.1) is 0 Å². The van der Waals surface area contributed by atoms with Crippen molar-refractivity contribution >= 4 is 39.5 Å². The van der Waals surface area contributed by atoms with Crippen molar-refractivity contribution in [1.29, 1.82) is 0 Å². The second-order valence-electron chi connectivity index (χ2n) is 30.5. The number of hydrogen-bond acceptors (Lipinski definition) is 15. The molecule has 0 aromatic rings. The number of aliphatic hydroxyl groups is 1. The van der Waals surface area contributed by atoms with Crippen LogP contribution in [0.1, 0.15) is 409 Å². The van der Waals surface area contributed by atoms with E-state index in [2.05, 4.69) is 55.4 Å². The quantitative estimate of drug-likeness (QED) is 0.0222. The average Bonchev–Trinajstić information content (AvgIpc) is 1.06. The van der Waals surface area contributed by atoms with Gasteiger partial charge in [-0.25, -0.2) is 9.13 Å². The Morgan fingerprint density at radius 3 is 0.717 bits per heavy atom. The molecule has 0 aromatic heterocycles. The van der Waals surface area contributed by atoms with Gasteiger partial charge < -0.3 is 33.8 Å². The van der Waals surface area contributed by atoms with Gasteiger partial charge in [-0.1, -0.05) is 357 Å². The molecule has 0 aromatic carbocycles. The summed E-state index contributed by atoms with van der Waals surface area (Å²) in [7, 11) is -9.92. The van der Waals surface area contributed by atoms with Crippen LogP contribution in [0, 0.1) is 23.7 Å². The van der Waals surface area contributed by atoms with Gasteiger partial charge in [0, 0.05) is 25.7 Å².